The number of esters is 2. The van der Waals surface area contributed by atoms with Crippen molar-refractivity contribution in [2.45, 2.75) is 57.8 Å². The van der Waals surface area contributed by atoms with Gasteiger partial charge in [-0.15, -0.1) is 0 Å². The first kappa shape index (κ1) is 22.8. The average Bonchev–Trinajstić information content (AvgIpc) is 3.00. The molecule has 33 heavy (non-hydrogen) atoms. The molecule has 1 aliphatic rings. The zero-order chi connectivity index (χ0) is 23.6. The number of hydrogen-bond acceptors (Lipinski definition) is 4. The molecule has 0 aliphatic heterocycles. The fourth-order valence-corrected chi connectivity index (χ4v) is 4.98. The third-order valence-electron chi connectivity index (χ3n) is 6.51. The Morgan fingerprint density at radius 3 is 2.15 bits per heavy atom. The molecule has 0 bridgehead atoms. The normalized spacial score (nSPS) is 18.4. The van der Waals surface area contributed by atoms with Crippen LogP contribution in [0.5, 0.6) is 11.5 Å². The Hall–Kier alpha value is -3.40. The van der Waals surface area contributed by atoms with Crippen LogP contribution in [0.15, 0.2) is 72.8 Å². The Balaban J connectivity index is 1.61. The van der Waals surface area contributed by atoms with Gasteiger partial charge >= 0.3 is 11.9 Å². The van der Waals surface area contributed by atoms with E-state index >= 15 is 0 Å². The summed E-state index contributed by atoms with van der Waals surface area (Å²) in [6.45, 7) is 8.68. The summed E-state index contributed by atoms with van der Waals surface area (Å²) < 4.78 is 11.1. The predicted molar refractivity (Wildman–Crippen MR) is 129 cm³/mol. The minimum atomic E-state index is -0.375. The van der Waals surface area contributed by atoms with Gasteiger partial charge in [-0.05, 0) is 71.3 Å². The van der Waals surface area contributed by atoms with E-state index in [4.69, 9.17) is 9.47 Å². The van der Waals surface area contributed by atoms with E-state index in [0.717, 1.165) is 18.4 Å². The van der Waals surface area contributed by atoms with Crippen molar-refractivity contribution in [2.75, 3.05) is 0 Å². The Labute approximate surface area is 195 Å². The molecule has 3 aromatic carbocycles. The topological polar surface area (TPSA) is 52.6 Å². The van der Waals surface area contributed by atoms with Crippen LogP contribution in [0.1, 0.15) is 74.0 Å². The number of benzene rings is 3. The maximum absolute atomic E-state index is 12.4. The summed E-state index contributed by atoms with van der Waals surface area (Å²) in [4.78, 5) is 24.4. The maximum Gasteiger partial charge on any atom is 0.343 e. The van der Waals surface area contributed by atoms with E-state index in [2.05, 4.69) is 26.8 Å². The molecule has 0 fully saturated rings. The highest BCUT2D eigenvalue weighted by Crippen LogP contribution is 2.53. The second-order valence-corrected chi connectivity index (χ2v) is 9.60. The number of ether oxygens (including phenoxy) is 2. The Kier molecular flexibility index (Phi) is 6.11. The molecule has 0 saturated heterocycles. The van der Waals surface area contributed by atoms with Crippen LogP contribution in [0, 0.1) is 0 Å². The van der Waals surface area contributed by atoms with E-state index in [1.807, 2.05) is 61.5 Å². The zero-order valence-electron chi connectivity index (χ0n) is 19.7. The summed E-state index contributed by atoms with van der Waals surface area (Å²) in [7, 11) is 0. The molecule has 1 aliphatic carbocycles. The first-order valence-electron chi connectivity index (χ1n) is 11.5. The molecule has 3 aromatic rings. The van der Waals surface area contributed by atoms with E-state index in [1.165, 1.54) is 11.1 Å². The molecule has 0 heterocycles. The summed E-state index contributed by atoms with van der Waals surface area (Å²) >= 11 is 0. The monoisotopic (exact) mass is 442 g/mol. The first-order chi connectivity index (χ1) is 15.7. The molecule has 4 nitrogen and oxygen atoms in total. The third kappa shape index (κ3) is 4.56. The van der Waals surface area contributed by atoms with Gasteiger partial charge in [0.15, 0.2) is 0 Å². The lowest BCUT2D eigenvalue weighted by Crippen LogP contribution is -2.23. The summed E-state index contributed by atoms with van der Waals surface area (Å²) in [5.74, 6) is 0.516. The quantitative estimate of drug-likeness (QED) is 0.319. The van der Waals surface area contributed by atoms with Crippen molar-refractivity contribution >= 4 is 11.9 Å². The predicted octanol–water partition coefficient (Wildman–Crippen LogP) is 6.60. The molecule has 4 heteroatoms. The van der Waals surface area contributed by atoms with Gasteiger partial charge in [-0.2, -0.15) is 0 Å². The van der Waals surface area contributed by atoms with Gasteiger partial charge in [0.25, 0.3) is 0 Å². The summed E-state index contributed by atoms with van der Waals surface area (Å²) in [6, 6.07) is 22.7. The van der Waals surface area contributed by atoms with Crippen LogP contribution in [-0.2, 0) is 15.6 Å². The van der Waals surface area contributed by atoms with Crippen LogP contribution in [0.25, 0.3) is 0 Å². The summed E-state index contributed by atoms with van der Waals surface area (Å²) in [6.07, 6.45) is 2.09. The van der Waals surface area contributed by atoms with Crippen LogP contribution < -0.4 is 9.47 Å². The van der Waals surface area contributed by atoms with Crippen molar-refractivity contribution < 1.29 is 19.1 Å². The van der Waals surface area contributed by atoms with Crippen LogP contribution in [-0.4, -0.2) is 11.9 Å². The van der Waals surface area contributed by atoms with Gasteiger partial charge < -0.3 is 9.47 Å². The molecule has 0 unspecified atom stereocenters. The zero-order valence-corrected chi connectivity index (χ0v) is 19.7. The highest BCUT2D eigenvalue weighted by Gasteiger charge is 2.46. The summed E-state index contributed by atoms with van der Waals surface area (Å²) in [5.41, 5.74) is 3.81. The van der Waals surface area contributed by atoms with Crippen molar-refractivity contribution in [1.29, 1.82) is 0 Å². The fourth-order valence-electron chi connectivity index (χ4n) is 4.98. The average molecular weight is 443 g/mol. The van der Waals surface area contributed by atoms with Gasteiger partial charge in [0, 0.05) is 11.8 Å². The second-order valence-electron chi connectivity index (χ2n) is 9.60. The van der Waals surface area contributed by atoms with Gasteiger partial charge in [-0.3, -0.25) is 4.79 Å². The molecule has 0 radical (unpaired) electrons. The largest absolute Gasteiger partial charge is 0.427 e. The molecule has 0 amide bonds. The van der Waals surface area contributed by atoms with Gasteiger partial charge in [0.05, 0.1) is 5.56 Å². The molecule has 4 rings (SSSR count). The molecule has 0 aromatic heterocycles. The molecular weight excluding hydrogens is 412 g/mol. The molecule has 0 saturated carbocycles. The molecule has 1 atom stereocenters. The Morgan fingerprint density at radius 2 is 1.48 bits per heavy atom. The third-order valence-corrected chi connectivity index (χ3v) is 6.51. The smallest absolute Gasteiger partial charge is 0.343 e. The van der Waals surface area contributed by atoms with Crippen molar-refractivity contribution in [3.05, 3.63) is 95.1 Å². The molecule has 170 valence electrons. The molecule has 0 spiro atoms. The fraction of sp³-hybridized carbons (Fsp3) is 0.310. The van der Waals surface area contributed by atoms with Gasteiger partial charge in [0.2, 0.25) is 0 Å². The summed E-state index contributed by atoms with van der Waals surface area (Å²) in [5, 5.41) is 0. The highest BCUT2D eigenvalue weighted by molar-refractivity contribution is 5.90. The first-order valence-corrected chi connectivity index (χ1v) is 11.5. The van der Waals surface area contributed by atoms with E-state index in [1.54, 1.807) is 12.1 Å². The van der Waals surface area contributed by atoms with E-state index < -0.39 is 0 Å². The number of rotatable bonds is 6. The SMILES string of the molecule is CCCC(=O)Oc1ccc2c(c1)[C@](C)(c1ccc(OC(=O)c3ccccc3)cc1)CC2(C)C. The molecular formula is C29H30O4. The van der Waals surface area contributed by atoms with Crippen LogP contribution in [0.4, 0.5) is 0 Å². The number of hydrogen-bond donors (Lipinski definition) is 0. The second kappa shape index (κ2) is 8.86. The Morgan fingerprint density at radius 1 is 0.818 bits per heavy atom. The van der Waals surface area contributed by atoms with Crippen molar-refractivity contribution in [3.8, 4) is 11.5 Å². The van der Waals surface area contributed by atoms with E-state index in [0.29, 0.717) is 23.5 Å². The lowest BCUT2D eigenvalue weighted by atomic mass is 9.75. The van der Waals surface area contributed by atoms with Crippen LogP contribution in [0.3, 0.4) is 0 Å². The van der Waals surface area contributed by atoms with Crippen molar-refractivity contribution in [2.24, 2.45) is 0 Å². The number of fused-ring (bicyclic) bond motifs is 1. The van der Waals surface area contributed by atoms with Crippen molar-refractivity contribution in [1.82, 2.24) is 0 Å². The number of carbonyl (C=O) groups excluding carboxylic acids is 2. The Bertz CT molecular complexity index is 1160. The van der Waals surface area contributed by atoms with Gasteiger partial charge in [-0.25, -0.2) is 4.79 Å². The van der Waals surface area contributed by atoms with E-state index in [-0.39, 0.29) is 22.8 Å². The van der Waals surface area contributed by atoms with Crippen LogP contribution >= 0.6 is 0 Å². The maximum atomic E-state index is 12.4. The minimum Gasteiger partial charge on any atom is -0.427 e. The lowest BCUT2D eigenvalue weighted by Gasteiger charge is -2.28. The molecule has 0 N–H and O–H groups in total. The standard InChI is InChI=1S/C29H30O4/c1-5-9-26(30)32-23-16-17-24-25(18-23)29(4,19-28(24,2)3)21-12-14-22(15-13-21)33-27(31)20-10-7-6-8-11-20/h6-8,10-18H,5,9,19H2,1-4H3/t29-/m0/s1. The van der Waals surface area contributed by atoms with Crippen molar-refractivity contribution in [3.63, 3.8) is 0 Å². The lowest BCUT2D eigenvalue weighted by molar-refractivity contribution is -0.134. The van der Waals surface area contributed by atoms with Crippen LogP contribution in [0.2, 0.25) is 0 Å². The highest BCUT2D eigenvalue weighted by atomic mass is 16.5. The van der Waals surface area contributed by atoms with E-state index in [9.17, 15) is 9.59 Å². The van der Waals surface area contributed by atoms with Gasteiger partial charge in [0.1, 0.15) is 11.5 Å². The number of carbonyl (C=O) groups is 2. The minimum absolute atomic E-state index is 0.0194. The van der Waals surface area contributed by atoms with Gasteiger partial charge in [-0.1, -0.05) is 64.1 Å².